The number of aliphatic hydroxyl groups is 1. The average molecular weight is 497 g/mol. The van der Waals surface area contributed by atoms with Gasteiger partial charge in [-0.3, -0.25) is 19.2 Å². The zero-order chi connectivity index (χ0) is 25.4. The smallest absolute Gasteiger partial charge is 0.271 e. The maximum Gasteiger partial charge on any atom is 0.271 e. The number of carbonyl (C=O) groups is 4. The third-order valence-corrected chi connectivity index (χ3v) is 8.04. The number of amides is 3. The first-order valence-electron chi connectivity index (χ1n) is 12.6. The molecule has 0 spiro atoms. The van der Waals surface area contributed by atoms with Crippen molar-refractivity contribution in [3.63, 3.8) is 0 Å². The van der Waals surface area contributed by atoms with Crippen LogP contribution in [0.1, 0.15) is 42.6 Å². The van der Waals surface area contributed by atoms with Crippen molar-refractivity contribution >= 4 is 34.4 Å². The Balaban J connectivity index is 1.39. The third kappa shape index (κ3) is 4.34. The van der Waals surface area contributed by atoms with Gasteiger partial charge in [-0.25, -0.2) is 0 Å². The number of H-pyrrole nitrogens is 1. The number of ether oxygens (including phenoxy) is 1. The number of carbonyl (C=O) groups excluding carboxylic acids is 4. The van der Waals surface area contributed by atoms with Crippen LogP contribution in [0.15, 0.2) is 24.3 Å². The van der Waals surface area contributed by atoms with E-state index >= 15 is 0 Å². The first kappa shape index (κ1) is 24.3. The molecule has 3 amide bonds. The summed E-state index contributed by atoms with van der Waals surface area (Å²) in [6.07, 6.45) is 3.47. The number of rotatable bonds is 8. The van der Waals surface area contributed by atoms with Gasteiger partial charge in [-0.15, -0.1) is 0 Å². The van der Waals surface area contributed by atoms with Crippen molar-refractivity contribution in [1.29, 1.82) is 0 Å². The summed E-state index contributed by atoms with van der Waals surface area (Å²) >= 11 is 0. The Labute approximate surface area is 208 Å². The van der Waals surface area contributed by atoms with Crippen LogP contribution in [0.2, 0.25) is 0 Å². The lowest BCUT2D eigenvalue weighted by molar-refractivity contribution is -0.133. The van der Waals surface area contributed by atoms with Gasteiger partial charge in [0.05, 0.1) is 13.2 Å². The topological polar surface area (TPSA) is 141 Å². The highest BCUT2D eigenvalue weighted by molar-refractivity contribution is 6.02. The molecule has 1 aromatic heterocycles. The minimum atomic E-state index is -0.980. The number of likely N-dealkylation sites (tertiary alicyclic amines) is 1. The zero-order valence-electron chi connectivity index (χ0n) is 20.3. The summed E-state index contributed by atoms with van der Waals surface area (Å²) in [5, 5.41) is 15.8. The number of nitrogens with one attached hydrogen (secondary N) is 3. The first-order chi connectivity index (χ1) is 17.4. The molecule has 5 atom stereocenters. The summed E-state index contributed by atoms with van der Waals surface area (Å²) in [4.78, 5) is 56.6. The van der Waals surface area contributed by atoms with Crippen molar-refractivity contribution in [3.05, 3.63) is 30.0 Å². The van der Waals surface area contributed by atoms with Gasteiger partial charge in [0, 0.05) is 29.9 Å². The molecule has 5 rings (SSSR count). The Morgan fingerprint density at radius 2 is 2.08 bits per heavy atom. The monoisotopic (exact) mass is 496 g/mol. The fourth-order valence-corrected chi connectivity index (χ4v) is 6.22. The lowest BCUT2D eigenvalue weighted by Gasteiger charge is -2.29. The van der Waals surface area contributed by atoms with Gasteiger partial charge in [0.25, 0.3) is 5.91 Å². The number of nitrogens with zero attached hydrogens (tertiary/aromatic N) is 1. The molecule has 192 valence electrons. The number of fused-ring (bicyclic) bond motifs is 2. The molecule has 2 aliphatic heterocycles. The number of hydrogen-bond donors (Lipinski definition) is 4. The van der Waals surface area contributed by atoms with E-state index in [9.17, 15) is 24.3 Å². The molecule has 3 aliphatic rings. The van der Waals surface area contributed by atoms with Crippen molar-refractivity contribution < 1.29 is 29.0 Å². The molecule has 0 bridgehead atoms. The Morgan fingerprint density at radius 1 is 1.25 bits per heavy atom. The van der Waals surface area contributed by atoms with Gasteiger partial charge < -0.3 is 30.4 Å². The number of aromatic nitrogens is 1. The van der Waals surface area contributed by atoms with Gasteiger partial charge in [-0.05, 0) is 55.7 Å². The second kappa shape index (κ2) is 9.93. The molecule has 1 aromatic carbocycles. The van der Waals surface area contributed by atoms with Crippen molar-refractivity contribution in [2.45, 2.75) is 44.2 Å². The highest BCUT2D eigenvalue weighted by Crippen LogP contribution is 2.43. The van der Waals surface area contributed by atoms with Crippen molar-refractivity contribution in [2.75, 3.05) is 26.8 Å². The first-order valence-corrected chi connectivity index (χ1v) is 12.6. The SMILES string of the molecule is COc1cccc2[nH]c(C(=O)N3C[C@@H]4CCC[C@@H]4C3C(=O)NC(CC3CCNC3=O)C(=O)CO)cc12. The summed E-state index contributed by atoms with van der Waals surface area (Å²) in [5.41, 5.74) is 1.14. The Hall–Kier alpha value is -3.40. The third-order valence-electron chi connectivity index (χ3n) is 8.04. The zero-order valence-corrected chi connectivity index (χ0v) is 20.3. The summed E-state index contributed by atoms with van der Waals surface area (Å²) < 4.78 is 5.42. The maximum absolute atomic E-state index is 13.7. The summed E-state index contributed by atoms with van der Waals surface area (Å²) in [6.45, 7) is 0.273. The van der Waals surface area contributed by atoms with E-state index in [1.807, 2.05) is 18.2 Å². The fourth-order valence-electron chi connectivity index (χ4n) is 6.22. The molecule has 3 fully saturated rings. The van der Waals surface area contributed by atoms with Crippen molar-refractivity contribution in [1.82, 2.24) is 20.5 Å². The molecule has 0 radical (unpaired) electrons. The highest BCUT2D eigenvalue weighted by atomic mass is 16.5. The average Bonchev–Trinajstić information content (AvgIpc) is 3.66. The number of ketones is 1. The van der Waals surface area contributed by atoms with Crippen LogP contribution in [0.3, 0.4) is 0 Å². The largest absolute Gasteiger partial charge is 0.496 e. The van der Waals surface area contributed by atoms with Gasteiger partial charge in [-0.2, -0.15) is 0 Å². The molecule has 10 nitrogen and oxygen atoms in total. The van der Waals surface area contributed by atoms with E-state index < -0.39 is 36.3 Å². The molecule has 2 saturated heterocycles. The van der Waals surface area contributed by atoms with Crippen LogP contribution in [0.25, 0.3) is 10.9 Å². The lowest BCUT2D eigenvalue weighted by atomic mass is 9.92. The summed E-state index contributed by atoms with van der Waals surface area (Å²) in [5.74, 6) is -0.889. The molecule has 10 heteroatoms. The van der Waals surface area contributed by atoms with Crippen molar-refractivity contribution in [2.24, 2.45) is 17.8 Å². The Kier molecular flexibility index (Phi) is 6.70. The van der Waals surface area contributed by atoms with Crippen LogP contribution in [0.5, 0.6) is 5.75 Å². The molecule has 3 heterocycles. The van der Waals surface area contributed by atoms with Gasteiger partial charge in [-0.1, -0.05) is 12.5 Å². The number of Topliss-reactive ketones (excluding diaryl/α,β-unsaturated/α-hetero) is 1. The summed E-state index contributed by atoms with van der Waals surface area (Å²) in [6, 6.07) is 5.57. The van der Waals surface area contributed by atoms with E-state index in [-0.39, 0.29) is 30.1 Å². The standard InChI is InChI=1S/C26H32N4O6/c1-36-22-7-3-6-18-17(22)11-20(28-18)26(35)30-12-15-4-2-5-16(15)23(30)25(34)29-19(21(32)13-31)10-14-8-9-27-24(14)33/h3,6-7,11,14-16,19,23,28,31H,2,4-5,8-10,12-13H2,1H3,(H,27,33)(H,29,34)/t14?,15-,16-,19?,23?/m0/s1. The van der Waals surface area contributed by atoms with E-state index in [0.717, 1.165) is 30.2 Å². The number of benzene rings is 1. The second-order valence-corrected chi connectivity index (χ2v) is 10.1. The quantitative estimate of drug-likeness (QED) is 0.430. The minimum Gasteiger partial charge on any atom is -0.496 e. The number of methoxy groups -OCH3 is 1. The van der Waals surface area contributed by atoms with E-state index in [4.69, 9.17) is 4.74 Å². The summed E-state index contributed by atoms with van der Waals surface area (Å²) in [7, 11) is 1.57. The van der Waals surface area contributed by atoms with Crippen LogP contribution >= 0.6 is 0 Å². The number of aromatic amines is 1. The fraction of sp³-hybridized carbons (Fsp3) is 0.538. The maximum atomic E-state index is 13.7. The van der Waals surface area contributed by atoms with Gasteiger partial charge in [0.1, 0.15) is 24.1 Å². The van der Waals surface area contributed by atoms with Crippen LogP contribution in [0.4, 0.5) is 0 Å². The van der Waals surface area contributed by atoms with Crippen LogP contribution in [-0.4, -0.2) is 77.4 Å². The minimum absolute atomic E-state index is 0.00696. The Morgan fingerprint density at radius 3 is 2.81 bits per heavy atom. The van der Waals surface area contributed by atoms with Crippen LogP contribution < -0.4 is 15.4 Å². The molecule has 3 unspecified atom stereocenters. The second-order valence-electron chi connectivity index (χ2n) is 10.1. The molecule has 4 N–H and O–H groups in total. The molecule has 1 saturated carbocycles. The predicted octanol–water partition coefficient (Wildman–Crippen LogP) is 0.990. The molecule has 1 aliphatic carbocycles. The van der Waals surface area contributed by atoms with Crippen LogP contribution in [0, 0.1) is 17.8 Å². The van der Waals surface area contributed by atoms with Gasteiger partial charge in [0.2, 0.25) is 11.8 Å². The van der Waals surface area contributed by atoms with Crippen molar-refractivity contribution in [3.8, 4) is 5.75 Å². The van der Waals surface area contributed by atoms with E-state index in [1.54, 1.807) is 18.1 Å². The molecule has 36 heavy (non-hydrogen) atoms. The number of hydrogen-bond acceptors (Lipinski definition) is 6. The highest BCUT2D eigenvalue weighted by Gasteiger charge is 2.50. The Bertz CT molecular complexity index is 1190. The van der Waals surface area contributed by atoms with E-state index in [0.29, 0.717) is 31.0 Å². The number of aliphatic hydroxyl groups excluding tert-OH is 1. The molecular weight excluding hydrogens is 464 g/mol. The predicted molar refractivity (Wildman–Crippen MR) is 130 cm³/mol. The van der Waals surface area contributed by atoms with Gasteiger partial charge in [0.15, 0.2) is 5.78 Å². The van der Waals surface area contributed by atoms with E-state index in [2.05, 4.69) is 15.6 Å². The molecular formula is C26H32N4O6. The van der Waals surface area contributed by atoms with Crippen LogP contribution in [-0.2, 0) is 14.4 Å². The normalized spacial score (nSPS) is 26.1. The van der Waals surface area contributed by atoms with E-state index in [1.165, 1.54) is 0 Å². The van der Waals surface area contributed by atoms with Gasteiger partial charge >= 0.3 is 0 Å². The molecule has 2 aromatic rings. The lowest BCUT2D eigenvalue weighted by Crippen LogP contribution is -2.53.